The first kappa shape index (κ1) is 19.1. The number of benzene rings is 2. The Morgan fingerprint density at radius 1 is 1.10 bits per heavy atom. The Balaban J connectivity index is 1.31. The van der Waals surface area contributed by atoms with Gasteiger partial charge in [0.05, 0.1) is 17.1 Å². The number of aromatic nitrogens is 2. The average Bonchev–Trinajstić information content (AvgIpc) is 3.40. The lowest BCUT2D eigenvalue weighted by atomic mass is 10.1. The number of imidazole rings is 1. The third-order valence-corrected chi connectivity index (χ3v) is 5.56. The molecule has 5 nitrogen and oxygen atoms in total. The third-order valence-electron chi connectivity index (χ3n) is 4.62. The molecule has 148 valence electrons. The molecule has 0 radical (unpaired) electrons. The molecule has 2 amide bonds. The molecule has 4 rings (SSSR count). The van der Waals surface area contributed by atoms with Crippen molar-refractivity contribution < 1.29 is 9.18 Å². The van der Waals surface area contributed by atoms with Crippen molar-refractivity contribution in [3.05, 3.63) is 88.1 Å². The zero-order valence-electron chi connectivity index (χ0n) is 15.7. The molecule has 1 unspecified atom stereocenters. The monoisotopic (exact) mass is 408 g/mol. The number of aryl methyl sites for hydroxylation is 1. The van der Waals surface area contributed by atoms with Gasteiger partial charge in [0.1, 0.15) is 11.6 Å². The first-order chi connectivity index (χ1) is 14.2. The molecular weight excluding hydrogens is 387 g/mol. The second-order valence-corrected chi connectivity index (χ2v) is 7.68. The Morgan fingerprint density at radius 3 is 2.69 bits per heavy atom. The van der Waals surface area contributed by atoms with Gasteiger partial charge in [0.25, 0.3) is 0 Å². The van der Waals surface area contributed by atoms with Crippen LogP contribution in [0.3, 0.4) is 0 Å². The Labute approximate surface area is 172 Å². The molecule has 29 heavy (non-hydrogen) atoms. The van der Waals surface area contributed by atoms with Gasteiger partial charge in [0.15, 0.2) is 0 Å². The van der Waals surface area contributed by atoms with Crippen LogP contribution in [0.5, 0.6) is 0 Å². The maximum atomic E-state index is 13.3. The molecule has 0 aliphatic heterocycles. The van der Waals surface area contributed by atoms with Crippen molar-refractivity contribution in [3.63, 3.8) is 0 Å². The minimum atomic E-state index is -0.314. The highest BCUT2D eigenvalue weighted by Gasteiger charge is 2.17. The fourth-order valence-corrected chi connectivity index (χ4v) is 4.00. The number of hydrogen-bond acceptors (Lipinski definition) is 3. The maximum absolute atomic E-state index is 13.3. The summed E-state index contributed by atoms with van der Waals surface area (Å²) in [5, 5.41) is 7.85. The highest BCUT2D eigenvalue weighted by Crippen LogP contribution is 2.26. The number of carbonyl (C=O) groups excluding carboxylic acids is 1. The number of H-pyrrole nitrogens is 1. The molecule has 0 bridgehead atoms. The number of amides is 2. The zero-order valence-corrected chi connectivity index (χ0v) is 16.5. The second-order valence-electron chi connectivity index (χ2n) is 6.70. The fraction of sp³-hybridized carbons (Fsp3) is 0.182. The van der Waals surface area contributed by atoms with Gasteiger partial charge in [-0.05, 0) is 47.7 Å². The number of aromatic amines is 1. The number of halogens is 1. The Bertz CT molecular complexity index is 1040. The Morgan fingerprint density at radius 2 is 1.93 bits per heavy atom. The van der Waals surface area contributed by atoms with Gasteiger partial charge in [-0.15, -0.1) is 11.3 Å². The third kappa shape index (κ3) is 4.81. The van der Waals surface area contributed by atoms with Crippen molar-refractivity contribution >= 4 is 28.4 Å². The molecular formula is C22H21FN4OS. The predicted octanol–water partition coefficient (Wildman–Crippen LogP) is 4.78. The normalized spacial score (nSPS) is 12.0. The summed E-state index contributed by atoms with van der Waals surface area (Å²) in [5.74, 6) is 0.616. The summed E-state index contributed by atoms with van der Waals surface area (Å²) in [6.07, 6.45) is 1.52. The molecule has 2 aromatic carbocycles. The summed E-state index contributed by atoms with van der Waals surface area (Å²) in [7, 11) is 0. The molecule has 1 atom stereocenters. The number of fused-ring (bicyclic) bond motifs is 1. The van der Waals surface area contributed by atoms with Crippen LogP contribution in [0.2, 0.25) is 0 Å². The van der Waals surface area contributed by atoms with E-state index < -0.39 is 0 Å². The molecule has 0 spiro atoms. The average molecular weight is 409 g/mol. The van der Waals surface area contributed by atoms with Crippen LogP contribution in [0.4, 0.5) is 9.18 Å². The lowest BCUT2D eigenvalue weighted by molar-refractivity contribution is 0.238. The number of para-hydroxylation sites is 2. The van der Waals surface area contributed by atoms with Crippen LogP contribution in [0.1, 0.15) is 28.7 Å². The molecule has 4 aromatic rings. The molecule has 3 N–H and O–H groups in total. The van der Waals surface area contributed by atoms with Gasteiger partial charge in [0, 0.05) is 17.8 Å². The van der Waals surface area contributed by atoms with E-state index in [-0.39, 0.29) is 17.9 Å². The molecule has 2 aromatic heterocycles. The van der Waals surface area contributed by atoms with Crippen LogP contribution < -0.4 is 10.6 Å². The Hall–Kier alpha value is -3.19. The summed E-state index contributed by atoms with van der Waals surface area (Å²) in [6.45, 7) is 0.531. The van der Waals surface area contributed by atoms with E-state index in [1.54, 1.807) is 23.5 Å². The second kappa shape index (κ2) is 8.87. The van der Waals surface area contributed by atoms with Crippen molar-refractivity contribution in [2.75, 3.05) is 6.54 Å². The zero-order chi connectivity index (χ0) is 20.1. The van der Waals surface area contributed by atoms with E-state index in [1.165, 1.54) is 12.1 Å². The van der Waals surface area contributed by atoms with Gasteiger partial charge < -0.3 is 15.6 Å². The van der Waals surface area contributed by atoms with E-state index in [2.05, 4.69) is 20.6 Å². The van der Waals surface area contributed by atoms with Gasteiger partial charge in [-0.1, -0.05) is 30.3 Å². The van der Waals surface area contributed by atoms with E-state index in [0.717, 1.165) is 40.1 Å². The molecule has 0 saturated heterocycles. The molecule has 0 fully saturated rings. The van der Waals surface area contributed by atoms with Gasteiger partial charge in [-0.25, -0.2) is 14.2 Å². The van der Waals surface area contributed by atoms with Crippen molar-refractivity contribution in [1.82, 2.24) is 20.6 Å². The van der Waals surface area contributed by atoms with Gasteiger partial charge in [0.2, 0.25) is 0 Å². The number of nitrogens with zero attached hydrogens (tertiary/aromatic N) is 1. The minimum absolute atomic E-state index is 0.252. The summed E-state index contributed by atoms with van der Waals surface area (Å²) < 4.78 is 13.3. The topological polar surface area (TPSA) is 69.8 Å². The van der Waals surface area contributed by atoms with Crippen LogP contribution in [-0.2, 0) is 6.42 Å². The fourth-order valence-electron chi connectivity index (χ4n) is 3.19. The van der Waals surface area contributed by atoms with E-state index in [1.807, 2.05) is 41.8 Å². The van der Waals surface area contributed by atoms with Crippen LogP contribution >= 0.6 is 11.3 Å². The number of nitrogens with one attached hydrogen (secondary N) is 3. The molecule has 0 saturated carbocycles. The van der Waals surface area contributed by atoms with Crippen molar-refractivity contribution in [2.45, 2.75) is 18.9 Å². The maximum Gasteiger partial charge on any atom is 0.315 e. The number of rotatable bonds is 7. The summed E-state index contributed by atoms with van der Waals surface area (Å²) in [5.41, 5.74) is 2.81. The number of urea groups is 1. The van der Waals surface area contributed by atoms with Gasteiger partial charge >= 0.3 is 6.03 Å². The largest absolute Gasteiger partial charge is 0.342 e. The molecule has 2 heterocycles. The SMILES string of the molecule is O=C(NCCCc1nc2ccccc2[nH]1)NC(c1ccc(F)cc1)c1cccs1. The van der Waals surface area contributed by atoms with E-state index in [4.69, 9.17) is 0 Å². The molecule has 7 heteroatoms. The lowest BCUT2D eigenvalue weighted by Crippen LogP contribution is -2.38. The van der Waals surface area contributed by atoms with Crippen LogP contribution in [0.25, 0.3) is 11.0 Å². The van der Waals surface area contributed by atoms with Crippen LogP contribution in [0, 0.1) is 5.82 Å². The first-order valence-corrected chi connectivity index (χ1v) is 10.3. The number of hydrogen-bond donors (Lipinski definition) is 3. The highest BCUT2D eigenvalue weighted by atomic mass is 32.1. The van der Waals surface area contributed by atoms with Crippen molar-refractivity contribution in [2.24, 2.45) is 0 Å². The number of carbonyl (C=O) groups is 1. The summed E-state index contributed by atoms with van der Waals surface area (Å²) in [4.78, 5) is 21.3. The van der Waals surface area contributed by atoms with Gasteiger partial charge in [-0.2, -0.15) is 0 Å². The number of thiophene rings is 1. The quantitative estimate of drug-likeness (QED) is 0.385. The standard InChI is InChI=1S/C22H21FN4OS/c23-16-11-9-15(10-12-16)21(19-7-4-14-29-19)27-22(28)24-13-3-8-20-25-17-5-1-2-6-18(17)26-20/h1-2,4-7,9-12,14,21H,3,8,13H2,(H,25,26)(H2,24,27,28). The Kier molecular flexibility index (Phi) is 5.86. The highest BCUT2D eigenvalue weighted by molar-refractivity contribution is 7.10. The van der Waals surface area contributed by atoms with Crippen molar-refractivity contribution in [1.29, 1.82) is 0 Å². The minimum Gasteiger partial charge on any atom is -0.342 e. The van der Waals surface area contributed by atoms with Gasteiger partial charge in [-0.3, -0.25) is 0 Å². The summed E-state index contributed by atoms with van der Waals surface area (Å²) >= 11 is 1.55. The molecule has 0 aliphatic carbocycles. The van der Waals surface area contributed by atoms with E-state index in [9.17, 15) is 9.18 Å². The van der Waals surface area contributed by atoms with E-state index >= 15 is 0 Å². The molecule has 0 aliphatic rings. The smallest absolute Gasteiger partial charge is 0.315 e. The van der Waals surface area contributed by atoms with Crippen molar-refractivity contribution in [3.8, 4) is 0 Å². The summed E-state index contributed by atoms with van der Waals surface area (Å²) in [6, 6.07) is 17.4. The van der Waals surface area contributed by atoms with Crippen LogP contribution in [0.15, 0.2) is 66.0 Å². The van der Waals surface area contributed by atoms with Crippen LogP contribution in [-0.4, -0.2) is 22.5 Å². The first-order valence-electron chi connectivity index (χ1n) is 9.46. The van der Waals surface area contributed by atoms with E-state index in [0.29, 0.717) is 6.54 Å². The predicted molar refractivity (Wildman–Crippen MR) is 114 cm³/mol. The lowest BCUT2D eigenvalue weighted by Gasteiger charge is -2.18.